The molecule has 156 valence electrons. The second-order valence-corrected chi connectivity index (χ2v) is 12.8. The van der Waals surface area contributed by atoms with Crippen LogP contribution in [0.2, 0.25) is 0 Å². The molecule has 5 rings (SSSR count). The van der Waals surface area contributed by atoms with E-state index in [2.05, 4.69) is 36.4 Å². The van der Waals surface area contributed by atoms with Crippen LogP contribution in [0.5, 0.6) is 0 Å². The van der Waals surface area contributed by atoms with E-state index in [1.165, 1.54) is 17.4 Å². The molecular formula is C26H24NO2PS. The summed E-state index contributed by atoms with van der Waals surface area (Å²) in [6.45, 7) is 0. The van der Waals surface area contributed by atoms with Crippen molar-refractivity contribution < 1.29 is 8.42 Å². The van der Waals surface area contributed by atoms with Crippen LogP contribution in [-0.2, 0) is 10.0 Å². The molecule has 1 heterocycles. The third kappa shape index (κ3) is 3.44. The van der Waals surface area contributed by atoms with E-state index in [1.807, 2.05) is 54.6 Å². The van der Waals surface area contributed by atoms with Gasteiger partial charge in [0.25, 0.3) is 0 Å². The molecule has 0 radical (unpaired) electrons. The predicted molar refractivity (Wildman–Crippen MR) is 131 cm³/mol. The van der Waals surface area contributed by atoms with Crippen LogP contribution >= 0.6 is 7.05 Å². The van der Waals surface area contributed by atoms with Crippen molar-refractivity contribution in [2.75, 3.05) is 6.26 Å². The normalized spacial score (nSPS) is 17.7. The van der Waals surface area contributed by atoms with Crippen LogP contribution in [0.25, 0.3) is 10.6 Å². The molecule has 1 aliphatic heterocycles. The fourth-order valence-electron chi connectivity index (χ4n) is 4.94. The maximum absolute atomic E-state index is 12.9. The van der Waals surface area contributed by atoms with E-state index in [1.54, 1.807) is 0 Å². The van der Waals surface area contributed by atoms with Crippen LogP contribution < -0.4 is 5.30 Å². The predicted octanol–water partition coefficient (Wildman–Crippen LogP) is 6.49. The lowest BCUT2D eigenvalue weighted by Gasteiger charge is -2.28. The molecule has 3 aromatic rings. The number of allylic oxidation sites excluding steroid dienone is 2. The Kier molecular flexibility index (Phi) is 5.08. The summed E-state index contributed by atoms with van der Waals surface area (Å²) in [7, 11) is -6.39. The van der Waals surface area contributed by atoms with Crippen molar-refractivity contribution in [2.24, 2.45) is 4.15 Å². The summed E-state index contributed by atoms with van der Waals surface area (Å²) in [6, 6.07) is 30.6. The van der Waals surface area contributed by atoms with Gasteiger partial charge in [-0.3, -0.25) is 0 Å². The quantitative estimate of drug-likeness (QED) is 0.431. The molecule has 3 nitrogen and oxygen atoms in total. The van der Waals surface area contributed by atoms with Gasteiger partial charge in [0, 0.05) is 15.9 Å². The minimum atomic E-state index is -3.62. The topological polar surface area (TPSA) is 46.5 Å². The molecular weight excluding hydrogens is 421 g/mol. The van der Waals surface area contributed by atoms with Gasteiger partial charge >= 0.3 is 0 Å². The van der Waals surface area contributed by atoms with Gasteiger partial charge in [-0.1, -0.05) is 91.0 Å². The smallest absolute Gasteiger partial charge is 0.205 e. The average Bonchev–Trinajstić information content (AvgIpc) is 3.33. The highest BCUT2D eigenvalue weighted by molar-refractivity contribution is 8.01. The molecule has 0 N–H and O–H groups in total. The Morgan fingerprint density at radius 3 is 1.52 bits per heavy atom. The minimum Gasteiger partial charge on any atom is -0.205 e. The Balaban J connectivity index is 1.99. The van der Waals surface area contributed by atoms with Gasteiger partial charge in [-0.15, -0.1) is 0 Å². The lowest BCUT2D eigenvalue weighted by atomic mass is 10.0. The maximum atomic E-state index is 12.9. The summed E-state index contributed by atoms with van der Waals surface area (Å²) in [4.78, 5) is 0. The summed E-state index contributed by atoms with van der Waals surface area (Å²) >= 11 is 0. The van der Waals surface area contributed by atoms with Gasteiger partial charge in [-0.25, -0.2) is 8.42 Å². The third-order valence-electron chi connectivity index (χ3n) is 5.93. The molecule has 3 aromatic carbocycles. The van der Waals surface area contributed by atoms with Crippen LogP contribution in [-0.4, -0.2) is 14.7 Å². The molecule has 0 aromatic heterocycles. The second-order valence-electron chi connectivity index (χ2n) is 8.03. The van der Waals surface area contributed by atoms with Gasteiger partial charge in [-0.2, -0.15) is 4.15 Å². The monoisotopic (exact) mass is 445 g/mol. The van der Waals surface area contributed by atoms with Crippen molar-refractivity contribution in [1.29, 1.82) is 0 Å². The highest BCUT2D eigenvalue weighted by Gasteiger charge is 2.45. The van der Waals surface area contributed by atoms with Crippen LogP contribution in [0.3, 0.4) is 0 Å². The number of fused-ring (bicyclic) bond motifs is 1. The zero-order valence-corrected chi connectivity index (χ0v) is 19.1. The van der Waals surface area contributed by atoms with E-state index in [0.29, 0.717) is 0 Å². The van der Waals surface area contributed by atoms with Gasteiger partial charge < -0.3 is 0 Å². The first-order valence-corrected chi connectivity index (χ1v) is 14.1. The van der Waals surface area contributed by atoms with Gasteiger partial charge in [0.2, 0.25) is 10.0 Å². The Hall–Kier alpha value is -2.68. The zero-order valence-electron chi connectivity index (χ0n) is 17.4. The molecule has 0 bridgehead atoms. The van der Waals surface area contributed by atoms with Crippen molar-refractivity contribution in [3.63, 3.8) is 0 Å². The van der Waals surface area contributed by atoms with E-state index < -0.39 is 17.1 Å². The molecule has 0 amide bonds. The Bertz CT molecular complexity index is 1290. The Labute approximate surface area is 184 Å². The summed E-state index contributed by atoms with van der Waals surface area (Å²) in [6.07, 6.45) is 4.24. The first-order valence-electron chi connectivity index (χ1n) is 10.5. The molecule has 0 spiro atoms. The number of rotatable bonds is 4. The number of nitrogens with zero attached hydrogens (tertiary/aromatic N) is 1. The van der Waals surface area contributed by atoms with Crippen LogP contribution in [0, 0.1) is 0 Å². The molecule has 1 saturated carbocycles. The van der Waals surface area contributed by atoms with Crippen molar-refractivity contribution in [3.05, 3.63) is 113 Å². The second kappa shape index (κ2) is 7.78. The molecule has 0 saturated heterocycles. The largest absolute Gasteiger partial charge is 0.249 e. The molecule has 31 heavy (non-hydrogen) atoms. The van der Waals surface area contributed by atoms with E-state index in [-0.39, 0.29) is 0 Å². The average molecular weight is 446 g/mol. The van der Waals surface area contributed by atoms with Gasteiger partial charge in [-0.05, 0) is 41.5 Å². The summed E-state index contributed by atoms with van der Waals surface area (Å²) in [5, 5.41) is 3.24. The van der Waals surface area contributed by atoms with E-state index in [0.717, 1.165) is 46.3 Å². The maximum Gasteiger partial charge on any atom is 0.249 e. The van der Waals surface area contributed by atoms with E-state index >= 15 is 0 Å². The van der Waals surface area contributed by atoms with Crippen LogP contribution in [0.4, 0.5) is 0 Å². The zero-order chi connectivity index (χ0) is 21.5. The van der Waals surface area contributed by atoms with Crippen molar-refractivity contribution in [2.45, 2.75) is 19.3 Å². The van der Waals surface area contributed by atoms with E-state index in [9.17, 15) is 8.42 Å². The molecule has 0 unspecified atom stereocenters. The van der Waals surface area contributed by atoms with Gasteiger partial charge in [0.15, 0.2) is 0 Å². The van der Waals surface area contributed by atoms with Crippen molar-refractivity contribution >= 4 is 33.0 Å². The number of benzene rings is 3. The van der Waals surface area contributed by atoms with Crippen LogP contribution in [0.1, 0.15) is 30.4 Å². The van der Waals surface area contributed by atoms with Crippen LogP contribution in [0.15, 0.2) is 106 Å². The molecule has 1 fully saturated rings. The summed E-state index contributed by atoms with van der Waals surface area (Å²) < 4.78 is 30.5. The molecule has 0 atom stereocenters. The summed E-state index contributed by atoms with van der Waals surface area (Å²) in [5.74, 6) is 0. The number of sulfonamides is 1. The fraction of sp³-hybridized carbons (Fsp3) is 0.154. The fourth-order valence-corrected chi connectivity index (χ4v) is 11.4. The van der Waals surface area contributed by atoms with E-state index in [4.69, 9.17) is 4.15 Å². The first kappa shape index (κ1) is 20.2. The lowest BCUT2D eigenvalue weighted by Crippen LogP contribution is -2.09. The third-order valence-corrected chi connectivity index (χ3v) is 11.5. The van der Waals surface area contributed by atoms with Gasteiger partial charge in [0.05, 0.1) is 13.3 Å². The standard InChI is InChI=1S/C26H24NO2PS/c1-31(28,29)27-30(22-16-9-4-10-17-22)25(20-12-5-2-6-13-20)23-18-11-19-24(23)26(30)21-14-7-3-8-15-21/h2-10,12-17H,11,18-19H2,1H3. The molecule has 5 heteroatoms. The highest BCUT2D eigenvalue weighted by atomic mass is 32.2. The molecule has 1 aliphatic carbocycles. The molecule has 2 aliphatic rings. The van der Waals surface area contributed by atoms with Gasteiger partial charge in [0.1, 0.15) is 0 Å². The lowest BCUT2D eigenvalue weighted by molar-refractivity contribution is 0.604. The van der Waals surface area contributed by atoms with Crippen molar-refractivity contribution in [1.82, 2.24) is 0 Å². The SMILES string of the molecule is CS(=O)(=O)N=P1(c2ccccc2)C(c2ccccc2)=C2CCCC2=C1c1ccccc1. The highest BCUT2D eigenvalue weighted by Crippen LogP contribution is 2.77. The minimum absolute atomic E-state index is 0.962. The number of hydrogen-bond donors (Lipinski definition) is 0. The van der Waals surface area contributed by atoms with Crippen molar-refractivity contribution in [3.8, 4) is 0 Å². The first-order chi connectivity index (χ1) is 15.0. The Morgan fingerprint density at radius 1 is 0.677 bits per heavy atom. The summed E-state index contributed by atoms with van der Waals surface area (Å²) in [5.41, 5.74) is 4.75. The Morgan fingerprint density at radius 2 is 1.10 bits per heavy atom. The number of hydrogen-bond acceptors (Lipinski definition) is 2.